The van der Waals surface area contributed by atoms with E-state index in [9.17, 15) is 4.39 Å². The van der Waals surface area contributed by atoms with Crippen LogP contribution < -0.4 is 14.4 Å². The van der Waals surface area contributed by atoms with Crippen LogP contribution >= 0.6 is 0 Å². The second-order valence-corrected chi connectivity index (χ2v) is 8.26. The lowest BCUT2D eigenvalue weighted by Gasteiger charge is -2.36. The van der Waals surface area contributed by atoms with Crippen LogP contribution in [-0.2, 0) is 6.54 Å². The molecular formula is C25H31FN4O3. The number of halogens is 1. The summed E-state index contributed by atoms with van der Waals surface area (Å²) in [5, 5.41) is 4.24. The zero-order valence-electron chi connectivity index (χ0n) is 19.5. The molecule has 2 heterocycles. The highest BCUT2D eigenvalue weighted by Gasteiger charge is 2.19. The van der Waals surface area contributed by atoms with E-state index in [4.69, 9.17) is 14.0 Å². The zero-order chi connectivity index (χ0) is 23.2. The van der Waals surface area contributed by atoms with Gasteiger partial charge in [0.25, 0.3) is 0 Å². The number of hydrogen-bond donors (Lipinski definition) is 0. The third-order valence-corrected chi connectivity index (χ3v) is 6.03. The van der Waals surface area contributed by atoms with Crippen molar-refractivity contribution >= 4 is 5.69 Å². The molecule has 0 unspecified atom stereocenters. The molecule has 0 aliphatic carbocycles. The molecule has 1 aliphatic rings. The van der Waals surface area contributed by atoms with E-state index in [0.717, 1.165) is 62.0 Å². The van der Waals surface area contributed by atoms with Gasteiger partial charge in [-0.15, -0.1) is 0 Å². The summed E-state index contributed by atoms with van der Waals surface area (Å²) < 4.78 is 29.6. The SMILES string of the molecule is COc1cccc(-c2cc(CN(C)CCN3CCN(c4ccc(F)cc4)CC3)on2)c1OC. The number of piperazine rings is 1. The number of anilines is 1. The minimum Gasteiger partial charge on any atom is -0.493 e. The van der Waals surface area contributed by atoms with Gasteiger partial charge in [-0.05, 0) is 43.4 Å². The van der Waals surface area contributed by atoms with Gasteiger partial charge in [-0.1, -0.05) is 11.2 Å². The highest BCUT2D eigenvalue weighted by Crippen LogP contribution is 2.37. The Kier molecular flexibility index (Phi) is 7.47. The van der Waals surface area contributed by atoms with Gasteiger partial charge in [-0.2, -0.15) is 0 Å². The molecule has 3 aromatic rings. The molecule has 8 heteroatoms. The molecule has 0 spiro atoms. The van der Waals surface area contributed by atoms with Gasteiger partial charge in [0.15, 0.2) is 17.3 Å². The zero-order valence-corrected chi connectivity index (χ0v) is 19.5. The van der Waals surface area contributed by atoms with E-state index in [1.54, 1.807) is 14.2 Å². The number of para-hydroxylation sites is 1. The summed E-state index contributed by atoms with van der Waals surface area (Å²) in [5.74, 6) is 1.92. The number of methoxy groups -OCH3 is 2. The summed E-state index contributed by atoms with van der Waals surface area (Å²) in [6.45, 7) is 6.47. The van der Waals surface area contributed by atoms with Crippen LogP contribution in [0.4, 0.5) is 10.1 Å². The van der Waals surface area contributed by atoms with Crippen LogP contribution in [0.15, 0.2) is 53.1 Å². The van der Waals surface area contributed by atoms with Crippen molar-refractivity contribution in [1.82, 2.24) is 15.0 Å². The molecular weight excluding hydrogens is 423 g/mol. The van der Waals surface area contributed by atoms with E-state index in [0.29, 0.717) is 18.0 Å². The van der Waals surface area contributed by atoms with Crippen LogP contribution in [-0.4, -0.2) is 75.5 Å². The number of hydrogen-bond acceptors (Lipinski definition) is 7. The van der Waals surface area contributed by atoms with E-state index in [-0.39, 0.29) is 5.82 Å². The Morgan fingerprint density at radius 2 is 1.79 bits per heavy atom. The third kappa shape index (κ3) is 5.64. The van der Waals surface area contributed by atoms with Crippen molar-refractivity contribution in [2.24, 2.45) is 0 Å². The lowest BCUT2D eigenvalue weighted by Crippen LogP contribution is -2.48. The second kappa shape index (κ2) is 10.7. The first kappa shape index (κ1) is 23.1. The molecule has 4 rings (SSSR count). The summed E-state index contributed by atoms with van der Waals surface area (Å²) in [6.07, 6.45) is 0. The molecule has 176 valence electrons. The summed E-state index contributed by atoms with van der Waals surface area (Å²) in [6, 6.07) is 14.4. The predicted octanol–water partition coefficient (Wildman–Crippen LogP) is 3.75. The quantitative estimate of drug-likeness (QED) is 0.488. The highest BCUT2D eigenvalue weighted by molar-refractivity contribution is 5.71. The molecule has 33 heavy (non-hydrogen) atoms. The first-order valence-corrected chi connectivity index (χ1v) is 11.2. The van der Waals surface area contributed by atoms with Gasteiger partial charge in [0.05, 0.1) is 20.8 Å². The smallest absolute Gasteiger partial charge is 0.170 e. The molecule has 0 N–H and O–H groups in total. The van der Waals surface area contributed by atoms with E-state index in [2.05, 4.69) is 26.9 Å². The van der Waals surface area contributed by atoms with Crippen molar-refractivity contribution in [3.8, 4) is 22.8 Å². The minimum atomic E-state index is -0.193. The number of likely N-dealkylation sites (N-methyl/N-ethyl adjacent to an activating group) is 1. The molecule has 0 saturated carbocycles. The van der Waals surface area contributed by atoms with Crippen LogP contribution in [0.5, 0.6) is 11.5 Å². The Bertz CT molecular complexity index is 1030. The summed E-state index contributed by atoms with van der Waals surface area (Å²) >= 11 is 0. The Balaban J connectivity index is 1.26. The van der Waals surface area contributed by atoms with Crippen molar-refractivity contribution in [2.75, 3.05) is 65.4 Å². The number of rotatable bonds is 9. The van der Waals surface area contributed by atoms with E-state index < -0.39 is 0 Å². The monoisotopic (exact) mass is 454 g/mol. The van der Waals surface area contributed by atoms with E-state index in [1.165, 1.54) is 12.1 Å². The van der Waals surface area contributed by atoms with Crippen LogP contribution in [0.25, 0.3) is 11.3 Å². The molecule has 1 aliphatic heterocycles. The largest absolute Gasteiger partial charge is 0.493 e. The van der Waals surface area contributed by atoms with E-state index in [1.807, 2.05) is 36.4 Å². The molecule has 1 fully saturated rings. The molecule has 1 saturated heterocycles. The number of benzene rings is 2. The van der Waals surface area contributed by atoms with Crippen LogP contribution in [0.1, 0.15) is 5.76 Å². The molecule has 7 nitrogen and oxygen atoms in total. The van der Waals surface area contributed by atoms with Crippen LogP contribution in [0, 0.1) is 5.82 Å². The van der Waals surface area contributed by atoms with Gasteiger partial charge in [-0.3, -0.25) is 9.80 Å². The maximum Gasteiger partial charge on any atom is 0.170 e. The topological polar surface area (TPSA) is 54.2 Å². The average Bonchev–Trinajstić information content (AvgIpc) is 3.31. The van der Waals surface area contributed by atoms with Gasteiger partial charge in [-0.25, -0.2) is 4.39 Å². The number of nitrogens with zero attached hydrogens (tertiary/aromatic N) is 4. The maximum absolute atomic E-state index is 13.1. The standard InChI is InChI=1S/C25H31FN4O3/c1-28(11-12-29-13-15-30(16-14-29)20-9-7-19(26)8-10-20)18-21-17-23(27-33-21)22-5-4-6-24(31-2)25(22)32-3/h4-10,17H,11-16,18H2,1-3H3. The van der Waals surface area contributed by atoms with E-state index >= 15 is 0 Å². The highest BCUT2D eigenvalue weighted by atomic mass is 19.1. The summed E-state index contributed by atoms with van der Waals surface area (Å²) in [7, 11) is 5.33. The van der Waals surface area contributed by atoms with Crippen molar-refractivity contribution in [2.45, 2.75) is 6.54 Å². The first-order valence-electron chi connectivity index (χ1n) is 11.2. The van der Waals surface area contributed by atoms with Gasteiger partial charge in [0, 0.05) is 56.6 Å². The van der Waals surface area contributed by atoms with Crippen molar-refractivity contribution < 1.29 is 18.4 Å². The third-order valence-electron chi connectivity index (χ3n) is 6.03. The fourth-order valence-electron chi connectivity index (χ4n) is 4.14. The van der Waals surface area contributed by atoms with Crippen molar-refractivity contribution in [1.29, 1.82) is 0 Å². The average molecular weight is 455 g/mol. The maximum atomic E-state index is 13.1. The van der Waals surface area contributed by atoms with Crippen molar-refractivity contribution in [3.05, 3.63) is 60.1 Å². The first-order chi connectivity index (χ1) is 16.1. The minimum absolute atomic E-state index is 0.193. The second-order valence-electron chi connectivity index (χ2n) is 8.26. The summed E-state index contributed by atoms with van der Waals surface area (Å²) in [5.41, 5.74) is 2.65. The molecule has 1 aromatic heterocycles. The normalized spacial score (nSPS) is 14.6. The Morgan fingerprint density at radius 1 is 1.03 bits per heavy atom. The molecule has 0 atom stereocenters. The van der Waals surface area contributed by atoms with Gasteiger partial charge in [0.2, 0.25) is 0 Å². The Labute approximate surface area is 194 Å². The van der Waals surface area contributed by atoms with Crippen LogP contribution in [0.2, 0.25) is 0 Å². The fourth-order valence-corrected chi connectivity index (χ4v) is 4.14. The Hall–Kier alpha value is -3.10. The molecule has 0 amide bonds. The Morgan fingerprint density at radius 3 is 2.48 bits per heavy atom. The lowest BCUT2D eigenvalue weighted by molar-refractivity contribution is 0.202. The molecule has 0 radical (unpaired) electrons. The van der Waals surface area contributed by atoms with Crippen molar-refractivity contribution in [3.63, 3.8) is 0 Å². The fraction of sp³-hybridized carbons (Fsp3) is 0.400. The lowest BCUT2D eigenvalue weighted by atomic mass is 10.1. The molecule has 2 aromatic carbocycles. The van der Waals surface area contributed by atoms with Crippen LogP contribution in [0.3, 0.4) is 0 Å². The molecule has 0 bridgehead atoms. The van der Waals surface area contributed by atoms with Gasteiger partial charge < -0.3 is 18.9 Å². The predicted molar refractivity (Wildman–Crippen MR) is 126 cm³/mol. The number of aromatic nitrogens is 1. The number of ether oxygens (including phenoxy) is 2. The van der Waals surface area contributed by atoms with Gasteiger partial charge >= 0.3 is 0 Å². The summed E-state index contributed by atoms with van der Waals surface area (Å²) in [4.78, 5) is 7.01. The van der Waals surface area contributed by atoms with Gasteiger partial charge in [0.1, 0.15) is 11.5 Å².